The monoisotopic (exact) mass is 293 g/mol. The lowest BCUT2D eigenvalue weighted by Gasteiger charge is -2.20. The molecular weight excluding hydrogens is 273 g/mol. The van der Waals surface area contributed by atoms with Crippen LogP contribution in [-0.2, 0) is 14.3 Å². The van der Waals surface area contributed by atoms with Crippen LogP contribution < -0.4 is 0 Å². The predicted octanol–water partition coefficient (Wildman–Crippen LogP) is 2.20. The van der Waals surface area contributed by atoms with Crippen LogP contribution in [0.5, 0.6) is 0 Å². The Bertz CT molecular complexity index is 529. The number of hydrogen-bond donors (Lipinski definition) is 0. The maximum atomic E-state index is 12.9. The van der Waals surface area contributed by atoms with Gasteiger partial charge in [0.15, 0.2) is 0 Å². The Labute approximate surface area is 123 Å². The van der Waals surface area contributed by atoms with Gasteiger partial charge < -0.3 is 9.64 Å². The Kier molecular flexibility index (Phi) is 4.60. The number of ether oxygens (including phenoxy) is 1. The molecule has 1 aliphatic carbocycles. The van der Waals surface area contributed by atoms with Gasteiger partial charge in [0.05, 0.1) is 13.0 Å². The molecule has 21 heavy (non-hydrogen) atoms. The van der Waals surface area contributed by atoms with Gasteiger partial charge in [-0.2, -0.15) is 0 Å². The van der Waals surface area contributed by atoms with Crippen LogP contribution in [0, 0.1) is 17.7 Å². The van der Waals surface area contributed by atoms with Gasteiger partial charge in [0.1, 0.15) is 5.82 Å². The Balaban J connectivity index is 1.90. The van der Waals surface area contributed by atoms with Gasteiger partial charge in [-0.25, -0.2) is 4.39 Å². The number of carbonyl (C=O) groups excluding carboxylic acids is 2. The second kappa shape index (κ2) is 6.24. The zero-order valence-electron chi connectivity index (χ0n) is 12.5. The standard InChI is InChI=1S/C16H20FNO3/c1-10(16(20)21-3)9-18(2)15(19)14-8-13(14)11-4-6-12(17)7-5-11/h4-7,10,13-14H,8-9H2,1-3H3. The highest BCUT2D eigenvalue weighted by molar-refractivity contribution is 5.83. The molecule has 0 saturated heterocycles. The van der Waals surface area contributed by atoms with E-state index in [2.05, 4.69) is 4.74 Å². The summed E-state index contributed by atoms with van der Waals surface area (Å²) in [5.74, 6) is -0.807. The number of amides is 1. The summed E-state index contributed by atoms with van der Waals surface area (Å²) in [6.07, 6.45) is 0.779. The molecule has 1 fully saturated rings. The summed E-state index contributed by atoms with van der Waals surface area (Å²) in [6, 6.07) is 6.28. The quantitative estimate of drug-likeness (QED) is 0.782. The average molecular weight is 293 g/mol. The van der Waals surface area contributed by atoms with Gasteiger partial charge >= 0.3 is 5.97 Å². The van der Waals surface area contributed by atoms with E-state index < -0.39 is 0 Å². The molecular formula is C16H20FNO3. The zero-order valence-corrected chi connectivity index (χ0v) is 12.5. The van der Waals surface area contributed by atoms with Crippen molar-refractivity contribution in [2.45, 2.75) is 19.3 Å². The van der Waals surface area contributed by atoms with Crippen LogP contribution in [-0.4, -0.2) is 37.5 Å². The van der Waals surface area contributed by atoms with E-state index in [4.69, 9.17) is 0 Å². The van der Waals surface area contributed by atoms with Crippen molar-refractivity contribution >= 4 is 11.9 Å². The molecule has 0 spiro atoms. The molecule has 1 amide bonds. The number of nitrogens with zero attached hydrogens (tertiary/aromatic N) is 1. The van der Waals surface area contributed by atoms with Gasteiger partial charge in [0, 0.05) is 19.5 Å². The molecule has 0 heterocycles. The van der Waals surface area contributed by atoms with Crippen molar-refractivity contribution in [3.63, 3.8) is 0 Å². The summed E-state index contributed by atoms with van der Waals surface area (Å²) < 4.78 is 17.5. The summed E-state index contributed by atoms with van der Waals surface area (Å²) in [5.41, 5.74) is 0.990. The Morgan fingerprint density at radius 3 is 2.57 bits per heavy atom. The number of methoxy groups -OCH3 is 1. The van der Waals surface area contributed by atoms with Crippen molar-refractivity contribution < 1.29 is 18.7 Å². The minimum Gasteiger partial charge on any atom is -0.469 e. The highest BCUT2D eigenvalue weighted by atomic mass is 19.1. The molecule has 114 valence electrons. The summed E-state index contributed by atoms with van der Waals surface area (Å²) in [6.45, 7) is 2.08. The molecule has 1 aromatic carbocycles. The van der Waals surface area contributed by atoms with E-state index >= 15 is 0 Å². The van der Waals surface area contributed by atoms with Crippen LogP contribution >= 0.6 is 0 Å². The molecule has 0 aliphatic heterocycles. The summed E-state index contributed by atoms with van der Waals surface area (Å²) in [7, 11) is 3.04. The van der Waals surface area contributed by atoms with Gasteiger partial charge in [-0.1, -0.05) is 19.1 Å². The molecule has 1 aromatic rings. The lowest BCUT2D eigenvalue weighted by Crippen LogP contribution is -2.35. The number of esters is 1. The zero-order chi connectivity index (χ0) is 15.6. The summed E-state index contributed by atoms with van der Waals surface area (Å²) >= 11 is 0. The summed E-state index contributed by atoms with van der Waals surface area (Å²) in [4.78, 5) is 25.3. The lowest BCUT2D eigenvalue weighted by molar-refractivity contribution is -0.146. The maximum Gasteiger partial charge on any atom is 0.310 e. The third kappa shape index (κ3) is 3.60. The Hall–Kier alpha value is -1.91. The normalized spacial score (nSPS) is 21.5. The third-order valence-electron chi connectivity index (χ3n) is 3.93. The molecule has 5 heteroatoms. The average Bonchev–Trinajstić information content (AvgIpc) is 3.26. The molecule has 2 rings (SSSR count). The molecule has 0 radical (unpaired) electrons. The number of rotatable bonds is 5. The molecule has 0 aromatic heterocycles. The van der Waals surface area contributed by atoms with Crippen LogP contribution in [0.2, 0.25) is 0 Å². The Morgan fingerprint density at radius 1 is 1.38 bits per heavy atom. The SMILES string of the molecule is COC(=O)C(C)CN(C)C(=O)C1CC1c1ccc(F)cc1. The van der Waals surface area contributed by atoms with Crippen LogP contribution in [0.4, 0.5) is 4.39 Å². The largest absolute Gasteiger partial charge is 0.469 e. The lowest BCUT2D eigenvalue weighted by atomic mass is 10.1. The molecule has 4 nitrogen and oxygen atoms in total. The van der Waals surface area contributed by atoms with E-state index in [-0.39, 0.29) is 35.4 Å². The molecule has 1 saturated carbocycles. The highest BCUT2D eigenvalue weighted by Crippen LogP contribution is 2.48. The van der Waals surface area contributed by atoms with Gasteiger partial charge in [-0.05, 0) is 30.0 Å². The van der Waals surface area contributed by atoms with Crippen LogP contribution in [0.1, 0.15) is 24.8 Å². The highest BCUT2D eigenvalue weighted by Gasteiger charge is 2.45. The van der Waals surface area contributed by atoms with E-state index in [1.165, 1.54) is 19.2 Å². The fraction of sp³-hybridized carbons (Fsp3) is 0.500. The van der Waals surface area contributed by atoms with E-state index in [1.807, 2.05) is 0 Å². The van der Waals surface area contributed by atoms with Crippen molar-refractivity contribution in [3.05, 3.63) is 35.6 Å². The van der Waals surface area contributed by atoms with Gasteiger partial charge in [-0.15, -0.1) is 0 Å². The first kappa shape index (κ1) is 15.5. The smallest absolute Gasteiger partial charge is 0.310 e. The van der Waals surface area contributed by atoms with Crippen LogP contribution in [0.15, 0.2) is 24.3 Å². The van der Waals surface area contributed by atoms with Crippen LogP contribution in [0.3, 0.4) is 0 Å². The number of hydrogen-bond acceptors (Lipinski definition) is 3. The minimum absolute atomic E-state index is 0.0279. The van der Waals surface area contributed by atoms with Crippen molar-refractivity contribution in [2.75, 3.05) is 20.7 Å². The maximum absolute atomic E-state index is 12.9. The van der Waals surface area contributed by atoms with E-state index in [9.17, 15) is 14.0 Å². The first-order valence-electron chi connectivity index (χ1n) is 7.02. The molecule has 0 bridgehead atoms. The fourth-order valence-electron chi connectivity index (χ4n) is 2.61. The second-order valence-corrected chi connectivity index (χ2v) is 5.64. The van der Waals surface area contributed by atoms with Crippen molar-refractivity contribution in [1.29, 1.82) is 0 Å². The molecule has 0 N–H and O–H groups in total. The fourth-order valence-corrected chi connectivity index (χ4v) is 2.61. The van der Waals surface area contributed by atoms with Gasteiger partial charge in [-0.3, -0.25) is 9.59 Å². The van der Waals surface area contributed by atoms with Gasteiger partial charge in [0.25, 0.3) is 0 Å². The van der Waals surface area contributed by atoms with Crippen LogP contribution in [0.25, 0.3) is 0 Å². The van der Waals surface area contributed by atoms with E-state index in [1.54, 1.807) is 31.0 Å². The minimum atomic E-state index is -0.341. The van der Waals surface area contributed by atoms with E-state index in [0.717, 1.165) is 12.0 Å². The van der Waals surface area contributed by atoms with Crippen molar-refractivity contribution in [3.8, 4) is 0 Å². The predicted molar refractivity (Wildman–Crippen MR) is 76.1 cm³/mol. The number of benzene rings is 1. The number of carbonyl (C=O) groups is 2. The first-order chi connectivity index (χ1) is 9.93. The first-order valence-corrected chi connectivity index (χ1v) is 7.02. The molecule has 3 unspecified atom stereocenters. The van der Waals surface area contributed by atoms with Crippen molar-refractivity contribution in [2.24, 2.45) is 11.8 Å². The Morgan fingerprint density at radius 2 is 2.00 bits per heavy atom. The second-order valence-electron chi connectivity index (χ2n) is 5.64. The molecule has 3 atom stereocenters. The van der Waals surface area contributed by atoms with Crippen molar-refractivity contribution in [1.82, 2.24) is 4.90 Å². The van der Waals surface area contributed by atoms with Gasteiger partial charge in [0.2, 0.25) is 5.91 Å². The number of halogens is 1. The topological polar surface area (TPSA) is 46.6 Å². The summed E-state index contributed by atoms with van der Waals surface area (Å²) in [5, 5.41) is 0. The van der Waals surface area contributed by atoms with E-state index in [0.29, 0.717) is 6.54 Å². The third-order valence-corrected chi connectivity index (χ3v) is 3.93. The molecule has 1 aliphatic rings.